The summed E-state index contributed by atoms with van der Waals surface area (Å²) < 4.78 is 8.39. The number of amides is 1. The molecule has 0 unspecified atom stereocenters. The van der Waals surface area contributed by atoms with Gasteiger partial charge in [-0.15, -0.1) is 0 Å². The Kier molecular flexibility index (Phi) is 3.27. The molecule has 0 radical (unpaired) electrons. The van der Waals surface area contributed by atoms with Crippen molar-refractivity contribution in [3.05, 3.63) is 53.9 Å². The van der Waals surface area contributed by atoms with E-state index in [0.29, 0.717) is 13.0 Å². The van der Waals surface area contributed by atoms with E-state index in [0.717, 1.165) is 25.1 Å². The number of hydrogen-bond donors (Lipinski definition) is 0. The molecule has 3 aliphatic rings. The van der Waals surface area contributed by atoms with Crippen molar-refractivity contribution in [1.82, 2.24) is 19.6 Å². The summed E-state index contributed by atoms with van der Waals surface area (Å²) in [6, 6.07) is 10.4. The average molecular weight is 338 g/mol. The zero-order valence-electron chi connectivity index (χ0n) is 14.3. The molecule has 1 aromatic carbocycles. The van der Waals surface area contributed by atoms with E-state index in [-0.39, 0.29) is 18.1 Å². The maximum atomic E-state index is 12.6. The predicted octanol–water partition coefficient (Wildman–Crippen LogP) is 1.69. The van der Waals surface area contributed by atoms with E-state index in [4.69, 9.17) is 4.74 Å². The minimum absolute atomic E-state index is 0.0220. The van der Waals surface area contributed by atoms with Crippen LogP contribution in [-0.4, -0.2) is 50.3 Å². The van der Waals surface area contributed by atoms with E-state index in [1.807, 2.05) is 47.2 Å². The van der Waals surface area contributed by atoms with Gasteiger partial charge in [0.2, 0.25) is 5.91 Å². The molecule has 6 nitrogen and oxygen atoms in total. The maximum absolute atomic E-state index is 12.6. The standard InChI is InChI=1S/C19H22N4O2/c1-21-11-14(10-20-21)12-22-8-7-19-17(22)9-18(24)23(19)13-16(25-19)15-5-3-2-4-6-15/h2-6,10-11,16-17H,7-9,12-13H2,1H3/t16-,17-,19+/m1/s1. The van der Waals surface area contributed by atoms with Crippen molar-refractivity contribution in [2.45, 2.75) is 37.3 Å². The molecule has 130 valence electrons. The lowest BCUT2D eigenvalue weighted by Crippen LogP contribution is -2.47. The Morgan fingerprint density at radius 3 is 2.92 bits per heavy atom. The highest BCUT2D eigenvalue weighted by Crippen LogP contribution is 2.50. The molecule has 5 rings (SSSR count). The number of likely N-dealkylation sites (tertiary alicyclic amines) is 1. The quantitative estimate of drug-likeness (QED) is 0.855. The Hall–Kier alpha value is -2.18. The number of carbonyl (C=O) groups is 1. The van der Waals surface area contributed by atoms with E-state index in [2.05, 4.69) is 22.1 Å². The summed E-state index contributed by atoms with van der Waals surface area (Å²) in [6.45, 7) is 2.44. The van der Waals surface area contributed by atoms with Crippen LogP contribution in [0.15, 0.2) is 42.7 Å². The number of rotatable bonds is 3. The largest absolute Gasteiger partial charge is 0.344 e. The smallest absolute Gasteiger partial charge is 0.226 e. The number of benzene rings is 1. The molecule has 3 atom stereocenters. The van der Waals surface area contributed by atoms with Gasteiger partial charge in [-0.05, 0) is 5.56 Å². The maximum Gasteiger partial charge on any atom is 0.226 e. The van der Waals surface area contributed by atoms with Crippen LogP contribution in [0.5, 0.6) is 0 Å². The minimum Gasteiger partial charge on any atom is -0.344 e. The van der Waals surface area contributed by atoms with Gasteiger partial charge in [0.1, 0.15) is 6.10 Å². The first kappa shape index (κ1) is 15.1. The van der Waals surface area contributed by atoms with Gasteiger partial charge in [-0.1, -0.05) is 30.3 Å². The van der Waals surface area contributed by atoms with Gasteiger partial charge < -0.3 is 9.64 Å². The number of hydrogen-bond acceptors (Lipinski definition) is 4. The van der Waals surface area contributed by atoms with Gasteiger partial charge in [0, 0.05) is 44.7 Å². The number of aromatic nitrogens is 2. The van der Waals surface area contributed by atoms with Crippen molar-refractivity contribution in [3.8, 4) is 0 Å². The van der Waals surface area contributed by atoms with E-state index < -0.39 is 5.72 Å². The Morgan fingerprint density at radius 1 is 1.32 bits per heavy atom. The molecular weight excluding hydrogens is 316 g/mol. The summed E-state index contributed by atoms with van der Waals surface area (Å²) in [6.07, 6.45) is 5.37. The summed E-state index contributed by atoms with van der Waals surface area (Å²) in [5.41, 5.74) is 1.89. The molecule has 1 aromatic heterocycles. The summed E-state index contributed by atoms with van der Waals surface area (Å²) in [5.74, 6) is 0.222. The fourth-order valence-electron chi connectivity index (χ4n) is 4.73. The van der Waals surface area contributed by atoms with Crippen LogP contribution in [0.2, 0.25) is 0 Å². The highest BCUT2D eigenvalue weighted by molar-refractivity contribution is 5.81. The van der Waals surface area contributed by atoms with E-state index >= 15 is 0 Å². The van der Waals surface area contributed by atoms with Gasteiger partial charge in [-0.25, -0.2) is 0 Å². The normalized spacial score (nSPS) is 31.6. The van der Waals surface area contributed by atoms with Crippen LogP contribution in [0.25, 0.3) is 0 Å². The second-order valence-corrected chi connectivity index (χ2v) is 7.33. The fourth-order valence-corrected chi connectivity index (χ4v) is 4.73. The summed E-state index contributed by atoms with van der Waals surface area (Å²) >= 11 is 0. The molecular formula is C19H22N4O2. The van der Waals surface area contributed by atoms with Gasteiger partial charge in [-0.3, -0.25) is 14.4 Å². The van der Waals surface area contributed by atoms with Crippen molar-refractivity contribution < 1.29 is 9.53 Å². The van der Waals surface area contributed by atoms with Crippen molar-refractivity contribution in [2.24, 2.45) is 7.05 Å². The summed E-state index contributed by atoms with van der Waals surface area (Å²) in [7, 11) is 1.93. The third-order valence-corrected chi connectivity index (χ3v) is 5.85. The van der Waals surface area contributed by atoms with Gasteiger partial charge in [0.05, 0.1) is 18.8 Å². The molecule has 3 saturated heterocycles. The van der Waals surface area contributed by atoms with Crippen molar-refractivity contribution in [3.63, 3.8) is 0 Å². The van der Waals surface area contributed by atoms with Gasteiger partial charge in [-0.2, -0.15) is 5.10 Å². The van der Waals surface area contributed by atoms with Crippen LogP contribution in [0.3, 0.4) is 0 Å². The van der Waals surface area contributed by atoms with Gasteiger partial charge in [0.25, 0.3) is 0 Å². The lowest BCUT2D eigenvalue weighted by atomic mass is 10.1. The first-order valence-electron chi connectivity index (χ1n) is 8.90. The number of aryl methyl sites for hydroxylation is 1. The molecule has 6 heteroatoms. The third-order valence-electron chi connectivity index (χ3n) is 5.85. The molecule has 0 N–H and O–H groups in total. The van der Waals surface area contributed by atoms with Gasteiger partial charge >= 0.3 is 0 Å². The van der Waals surface area contributed by atoms with E-state index in [1.54, 1.807) is 0 Å². The molecule has 0 bridgehead atoms. The number of ether oxygens (including phenoxy) is 1. The van der Waals surface area contributed by atoms with Crippen LogP contribution in [-0.2, 0) is 23.1 Å². The molecule has 0 saturated carbocycles. The molecule has 2 aromatic rings. The average Bonchev–Trinajstić information content (AvgIpc) is 3.33. The minimum atomic E-state index is -0.445. The topological polar surface area (TPSA) is 50.6 Å². The molecule has 25 heavy (non-hydrogen) atoms. The third kappa shape index (κ3) is 2.24. The first-order chi connectivity index (χ1) is 12.2. The molecule has 3 fully saturated rings. The zero-order valence-corrected chi connectivity index (χ0v) is 14.3. The zero-order chi connectivity index (χ0) is 17.0. The molecule has 1 amide bonds. The Bertz CT molecular complexity index is 805. The van der Waals surface area contributed by atoms with E-state index in [1.165, 1.54) is 5.56 Å². The second kappa shape index (κ2) is 5.41. The molecule has 1 spiro atoms. The van der Waals surface area contributed by atoms with Crippen LogP contribution >= 0.6 is 0 Å². The number of carbonyl (C=O) groups excluding carboxylic acids is 1. The lowest BCUT2D eigenvalue weighted by molar-refractivity contribution is -0.138. The Labute approximate surface area is 147 Å². The van der Waals surface area contributed by atoms with Crippen molar-refractivity contribution in [1.29, 1.82) is 0 Å². The molecule has 4 heterocycles. The Balaban J connectivity index is 1.41. The monoisotopic (exact) mass is 338 g/mol. The molecule has 0 aliphatic carbocycles. The summed E-state index contributed by atoms with van der Waals surface area (Å²) in [5, 5.41) is 4.26. The lowest BCUT2D eigenvalue weighted by Gasteiger charge is -2.32. The van der Waals surface area contributed by atoms with E-state index in [9.17, 15) is 4.79 Å². The van der Waals surface area contributed by atoms with Crippen molar-refractivity contribution >= 4 is 5.91 Å². The van der Waals surface area contributed by atoms with Gasteiger partial charge in [0.15, 0.2) is 5.72 Å². The van der Waals surface area contributed by atoms with Crippen LogP contribution in [0.4, 0.5) is 0 Å². The second-order valence-electron chi connectivity index (χ2n) is 7.33. The Morgan fingerprint density at radius 2 is 2.16 bits per heavy atom. The molecule has 3 aliphatic heterocycles. The highest BCUT2D eigenvalue weighted by atomic mass is 16.5. The number of nitrogens with zero attached hydrogens (tertiary/aromatic N) is 4. The SMILES string of the molecule is Cn1cc(CN2CC[C@@]34O[C@@H](c5ccccc5)CN3C(=O)C[C@@H]24)cn1. The fraction of sp³-hybridized carbons (Fsp3) is 0.474. The van der Waals surface area contributed by atoms with Crippen LogP contribution in [0.1, 0.15) is 30.1 Å². The van der Waals surface area contributed by atoms with Crippen LogP contribution < -0.4 is 0 Å². The highest BCUT2D eigenvalue weighted by Gasteiger charge is 2.63. The van der Waals surface area contributed by atoms with Crippen molar-refractivity contribution in [2.75, 3.05) is 13.1 Å². The summed E-state index contributed by atoms with van der Waals surface area (Å²) in [4.78, 5) is 17.0. The first-order valence-corrected chi connectivity index (χ1v) is 8.90. The predicted molar refractivity (Wildman–Crippen MR) is 91.4 cm³/mol. The van der Waals surface area contributed by atoms with Crippen LogP contribution in [0, 0.1) is 0 Å².